The van der Waals surface area contributed by atoms with Crippen molar-refractivity contribution in [3.63, 3.8) is 0 Å². The zero-order valence-electron chi connectivity index (χ0n) is 9.76. The van der Waals surface area contributed by atoms with E-state index >= 15 is 0 Å². The second-order valence-electron chi connectivity index (χ2n) is 3.35. The zero-order valence-corrected chi connectivity index (χ0v) is 11.5. The van der Waals surface area contributed by atoms with E-state index in [4.69, 9.17) is 4.74 Å². The fraction of sp³-hybridized carbons (Fsp3) is 0.417. The molecule has 17 heavy (non-hydrogen) atoms. The summed E-state index contributed by atoms with van der Waals surface area (Å²) in [5.41, 5.74) is 1.14. The molecule has 3 nitrogen and oxygen atoms in total. The van der Waals surface area contributed by atoms with Gasteiger partial charge in [0.2, 0.25) is 0 Å². The Bertz CT molecular complexity index is 322. The molecule has 0 amide bonds. The average molecular weight is 276 g/mol. The molecule has 0 saturated heterocycles. The van der Waals surface area contributed by atoms with E-state index in [1.807, 2.05) is 30.3 Å². The lowest BCUT2D eigenvalue weighted by Gasteiger charge is -2.14. The molecule has 0 aliphatic carbocycles. The SMILES string of the molecule is CCOC(=O)[C@@H](CS)NCc1ccccc1.Cl. The van der Waals surface area contributed by atoms with Gasteiger partial charge in [0.1, 0.15) is 6.04 Å². The lowest BCUT2D eigenvalue weighted by atomic mass is 10.2. The maximum Gasteiger partial charge on any atom is 0.323 e. The van der Waals surface area contributed by atoms with Crippen molar-refractivity contribution in [3.05, 3.63) is 35.9 Å². The van der Waals surface area contributed by atoms with E-state index in [0.717, 1.165) is 5.56 Å². The molecule has 1 N–H and O–H groups in total. The maximum absolute atomic E-state index is 11.5. The van der Waals surface area contributed by atoms with Crippen LogP contribution in [0, 0.1) is 0 Å². The number of nitrogens with one attached hydrogen (secondary N) is 1. The summed E-state index contributed by atoms with van der Waals surface area (Å²) < 4.78 is 4.93. The van der Waals surface area contributed by atoms with Crippen molar-refractivity contribution in [2.45, 2.75) is 19.5 Å². The Morgan fingerprint density at radius 3 is 2.59 bits per heavy atom. The van der Waals surface area contributed by atoms with Crippen molar-refractivity contribution in [2.75, 3.05) is 12.4 Å². The lowest BCUT2D eigenvalue weighted by Crippen LogP contribution is -2.39. The number of thiol groups is 1. The Hall–Kier alpha value is -0.710. The van der Waals surface area contributed by atoms with Gasteiger partial charge in [-0.05, 0) is 12.5 Å². The predicted octanol–water partition coefficient (Wildman–Crippen LogP) is 2.06. The van der Waals surface area contributed by atoms with E-state index in [1.54, 1.807) is 6.92 Å². The third-order valence-corrected chi connectivity index (χ3v) is 2.51. The van der Waals surface area contributed by atoms with Gasteiger partial charge in [0, 0.05) is 12.3 Å². The number of halogens is 1. The number of carbonyl (C=O) groups excluding carboxylic acids is 1. The summed E-state index contributed by atoms with van der Waals surface area (Å²) in [5.74, 6) is 0.194. The number of esters is 1. The highest BCUT2D eigenvalue weighted by molar-refractivity contribution is 7.80. The van der Waals surface area contributed by atoms with Gasteiger partial charge in [-0.1, -0.05) is 30.3 Å². The first-order valence-electron chi connectivity index (χ1n) is 5.32. The molecule has 0 spiro atoms. The summed E-state index contributed by atoms with van der Waals surface area (Å²) >= 11 is 4.13. The van der Waals surface area contributed by atoms with Crippen LogP contribution in [0.1, 0.15) is 12.5 Å². The summed E-state index contributed by atoms with van der Waals surface area (Å²) in [6.07, 6.45) is 0. The monoisotopic (exact) mass is 275 g/mol. The van der Waals surface area contributed by atoms with E-state index in [0.29, 0.717) is 18.9 Å². The van der Waals surface area contributed by atoms with Crippen LogP contribution in [-0.4, -0.2) is 24.4 Å². The van der Waals surface area contributed by atoms with E-state index in [2.05, 4.69) is 17.9 Å². The lowest BCUT2D eigenvalue weighted by molar-refractivity contribution is -0.145. The molecule has 0 unspecified atom stereocenters. The fourth-order valence-corrected chi connectivity index (χ4v) is 1.58. The van der Waals surface area contributed by atoms with E-state index in [9.17, 15) is 4.79 Å². The molecule has 1 rings (SSSR count). The van der Waals surface area contributed by atoms with Crippen LogP contribution in [0.2, 0.25) is 0 Å². The summed E-state index contributed by atoms with van der Waals surface area (Å²) in [6.45, 7) is 2.84. The second-order valence-corrected chi connectivity index (χ2v) is 3.72. The van der Waals surface area contributed by atoms with Crippen molar-refractivity contribution in [3.8, 4) is 0 Å². The van der Waals surface area contributed by atoms with Gasteiger partial charge in [-0.15, -0.1) is 12.4 Å². The third-order valence-electron chi connectivity index (χ3n) is 2.15. The van der Waals surface area contributed by atoms with Gasteiger partial charge in [-0.25, -0.2) is 0 Å². The van der Waals surface area contributed by atoms with Crippen molar-refractivity contribution in [1.29, 1.82) is 0 Å². The van der Waals surface area contributed by atoms with Crippen LogP contribution in [-0.2, 0) is 16.1 Å². The van der Waals surface area contributed by atoms with Crippen LogP contribution in [0.5, 0.6) is 0 Å². The Kier molecular flexibility index (Phi) is 8.94. The largest absolute Gasteiger partial charge is 0.465 e. The minimum Gasteiger partial charge on any atom is -0.465 e. The van der Waals surface area contributed by atoms with Crippen LogP contribution in [0.25, 0.3) is 0 Å². The molecule has 0 aliphatic rings. The molecular formula is C12H18ClNO2S. The van der Waals surface area contributed by atoms with E-state index < -0.39 is 0 Å². The summed E-state index contributed by atoms with van der Waals surface area (Å²) in [5, 5.41) is 3.12. The minimum absolute atomic E-state index is 0. The third kappa shape index (κ3) is 5.96. The van der Waals surface area contributed by atoms with Crippen molar-refractivity contribution in [1.82, 2.24) is 5.32 Å². The average Bonchev–Trinajstić information content (AvgIpc) is 2.31. The van der Waals surface area contributed by atoms with Crippen LogP contribution >= 0.6 is 25.0 Å². The first-order chi connectivity index (χ1) is 7.77. The zero-order chi connectivity index (χ0) is 11.8. The van der Waals surface area contributed by atoms with Gasteiger partial charge >= 0.3 is 5.97 Å². The van der Waals surface area contributed by atoms with Crippen molar-refractivity contribution >= 4 is 31.0 Å². The number of hydrogen-bond donors (Lipinski definition) is 2. The second kappa shape index (κ2) is 9.33. The van der Waals surface area contributed by atoms with E-state index in [1.165, 1.54) is 0 Å². The highest BCUT2D eigenvalue weighted by atomic mass is 35.5. The number of rotatable bonds is 6. The highest BCUT2D eigenvalue weighted by Crippen LogP contribution is 2.00. The predicted molar refractivity (Wildman–Crippen MR) is 74.8 cm³/mol. The summed E-state index contributed by atoms with van der Waals surface area (Å²) in [4.78, 5) is 11.5. The van der Waals surface area contributed by atoms with Gasteiger partial charge in [0.05, 0.1) is 6.61 Å². The molecule has 0 aromatic heterocycles. The van der Waals surface area contributed by atoms with Gasteiger partial charge in [-0.2, -0.15) is 12.6 Å². The fourth-order valence-electron chi connectivity index (χ4n) is 1.30. The summed E-state index contributed by atoms with van der Waals surface area (Å²) in [7, 11) is 0. The molecule has 0 radical (unpaired) electrons. The first kappa shape index (κ1) is 16.3. The molecule has 0 fully saturated rings. The van der Waals surface area contributed by atoms with Crippen LogP contribution in [0.4, 0.5) is 0 Å². The topological polar surface area (TPSA) is 38.3 Å². The molecule has 1 atom stereocenters. The van der Waals surface area contributed by atoms with E-state index in [-0.39, 0.29) is 24.4 Å². The first-order valence-corrected chi connectivity index (χ1v) is 5.96. The smallest absolute Gasteiger partial charge is 0.323 e. The molecular weight excluding hydrogens is 258 g/mol. The molecule has 1 aromatic carbocycles. The quantitative estimate of drug-likeness (QED) is 0.617. The molecule has 96 valence electrons. The van der Waals surface area contributed by atoms with Crippen molar-refractivity contribution < 1.29 is 9.53 Å². The molecule has 1 aromatic rings. The standard InChI is InChI=1S/C12H17NO2S.ClH/c1-2-15-12(14)11(9-16)13-8-10-6-4-3-5-7-10;/h3-7,11,13,16H,2,8-9H2,1H3;1H/t11-;/m1./s1. The highest BCUT2D eigenvalue weighted by Gasteiger charge is 2.16. The number of benzene rings is 1. The molecule has 0 aliphatic heterocycles. The Labute approximate surface area is 114 Å². The van der Waals surface area contributed by atoms with Crippen LogP contribution < -0.4 is 5.32 Å². The van der Waals surface area contributed by atoms with Gasteiger partial charge in [0.15, 0.2) is 0 Å². The molecule has 0 bridgehead atoms. The Balaban J connectivity index is 0.00000256. The molecule has 5 heteroatoms. The van der Waals surface area contributed by atoms with Gasteiger partial charge < -0.3 is 4.74 Å². The number of ether oxygens (including phenoxy) is 1. The Morgan fingerprint density at radius 2 is 2.06 bits per heavy atom. The van der Waals surface area contributed by atoms with Gasteiger partial charge in [0.25, 0.3) is 0 Å². The summed E-state index contributed by atoms with van der Waals surface area (Å²) in [6, 6.07) is 9.57. The normalized spacial score (nSPS) is 11.4. The number of carbonyl (C=O) groups is 1. The van der Waals surface area contributed by atoms with Crippen molar-refractivity contribution in [2.24, 2.45) is 0 Å². The van der Waals surface area contributed by atoms with Crippen LogP contribution in [0.15, 0.2) is 30.3 Å². The molecule has 0 heterocycles. The maximum atomic E-state index is 11.5. The molecule has 0 saturated carbocycles. The number of hydrogen-bond acceptors (Lipinski definition) is 4. The minimum atomic E-state index is -0.344. The van der Waals surface area contributed by atoms with Crippen LogP contribution in [0.3, 0.4) is 0 Å². The Morgan fingerprint density at radius 1 is 1.41 bits per heavy atom. The van der Waals surface area contributed by atoms with Gasteiger partial charge in [-0.3, -0.25) is 10.1 Å².